The molecule has 0 saturated heterocycles. The standard InChI is InChI=1S/C19H17F3N2O2/c1-12-3-8-17(25)15(9-12)11-24-13(2)10-23-18(24)14-4-6-16(7-5-14)26-19(20,21)22/h3-10,25H,11H2,1-2H3. The lowest BCUT2D eigenvalue weighted by atomic mass is 10.1. The van der Waals surface area contributed by atoms with Gasteiger partial charge in [0.1, 0.15) is 17.3 Å². The Hall–Kier alpha value is -2.96. The van der Waals surface area contributed by atoms with Crippen molar-refractivity contribution in [1.82, 2.24) is 9.55 Å². The summed E-state index contributed by atoms with van der Waals surface area (Å²) in [7, 11) is 0. The van der Waals surface area contributed by atoms with Gasteiger partial charge in [0.2, 0.25) is 0 Å². The van der Waals surface area contributed by atoms with Gasteiger partial charge >= 0.3 is 6.36 Å². The van der Waals surface area contributed by atoms with Crippen LogP contribution in [0.4, 0.5) is 13.2 Å². The second-order valence-electron chi connectivity index (χ2n) is 6.01. The van der Waals surface area contributed by atoms with E-state index in [0.29, 0.717) is 17.9 Å². The molecule has 0 saturated carbocycles. The summed E-state index contributed by atoms with van der Waals surface area (Å²) in [4.78, 5) is 4.36. The summed E-state index contributed by atoms with van der Waals surface area (Å²) in [5, 5.41) is 10.1. The number of rotatable bonds is 4. The van der Waals surface area contributed by atoms with Crippen molar-refractivity contribution in [3.05, 3.63) is 65.5 Å². The topological polar surface area (TPSA) is 47.3 Å². The second kappa shape index (κ2) is 6.74. The van der Waals surface area contributed by atoms with E-state index in [4.69, 9.17) is 0 Å². The average Bonchev–Trinajstić information content (AvgIpc) is 2.91. The molecule has 3 aromatic rings. The SMILES string of the molecule is Cc1ccc(O)c(Cn2c(C)cnc2-c2ccc(OC(F)(F)F)cc2)c1. The van der Waals surface area contributed by atoms with Crippen LogP contribution in [-0.4, -0.2) is 21.0 Å². The summed E-state index contributed by atoms with van der Waals surface area (Å²) < 4.78 is 42.6. The van der Waals surface area contributed by atoms with E-state index >= 15 is 0 Å². The number of ether oxygens (including phenoxy) is 1. The number of phenols is 1. The van der Waals surface area contributed by atoms with Crippen LogP contribution in [0.25, 0.3) is 11.4 Å². The van der Waals surface area contributed by atoms with E-state index in [1.807, 2.05) is 30.5 Å². The van der Waals surface area contributed by atoms with Gasteiger partial charge in [-0.3, -0.25) is 0 Å². The lowest BCUT2D eigenvalue weighted by Crippen LogP contribution is -2.17. The fraction of sp³-hybridized carbons (Fsp3) is 0.211. The van der Waals surface area contributed by atoms with Gasteiger partial charge in [-0.2, -0.15) is 0 Å². The Balaban J connectivity index is 1.91. The van der Waals surface area contributed by atoms with Crippen LogP contribution >= 0.6 is 0 Å². The maximum absolute atomic E-state index is 12.3. The Morgan fingerprint density at radius 1 is 1.08 bits per heavy atom. The Labute approximate surface area is 148 Å². The zero-order valence-electron chi connectivity index (χ0n) is 14.2. The van der Waals surface area contributed by atoms with Crippen LogP contribution in [0.2, 0.25) is 0 Å². The van der Waals surface area contributed by atoms with Crippen molar-refractivity contribution < 1.29 is 23.0 Å². The molecule has 3 rings (SSSR count). The number of aryl methyl sites for hydroxylation is 2. The summed E-state index contributed by atoms with van der Waals surface area (Å²) in [5.41, 5.74) is 3.28. The van der Waals surface area contributed by atoms with Gasteiger partial charge in [0.25, 0.3) is 0 Å². The van der Waals surface area contributed by atoms with Crippen LogP contribution in [0.5, 0.6) is 11.5 Å². The zero-order chi connectivity index (χ0) is 18.9. The highest BCUT2D eigenvalue weighted by Crippen LogP contribution is 2.28. The fourth-order valence-electron chi connectivity index (χ4n) is 2.71. The highest BCUT2D eigenvalue weighted by molar-refractivity contribution is 5.58. The number of benzene rings is 2. The molecule has 26 heavy (non-hydrogen) atoms. The number of phenolic OH excluding ortho intramolecular Hbond substituents is 1. The Morgan fingerprint density at radius 3 is 2.42 bits per heavy atom. The largest absolute Gasteiger partial charge is 0.573 e. The Bertz CT molecular complexity index is 916. The predicted molar refractivity (Wildman–Crippen MR) is 91.0 cm³/mol. The van der Waals surface area contributed by atoms with E-state index in [0.717, 1.165) is 16.8 Å². The third kappa shape index (κ3) is 3.99. The third-order valence-electron chi connectivity index (χ3n) is 3.96. The number of halogens is 3. The van der Waals surface area contributed by atoms with E-state index in [2.05, 4.69) is 9.72 Å². The number of alkyl halides is 3. The third-order valence-corrected chi connectivity index (χ3v) is 3.96. The first-order chi connectivity index (χ1) is 12.2. The van der Waals surface area contributed by atoms with Gasteiger partial charge in [-0.25, -0.2) is 4.98 Å². The quantitative estimate of drug-likeness (QED) is 0.724. The fourth-order valence-corrected chi connectivity index (χ4v) is 2.71. The van der Waals surface area contributed by atoms with Gasteiger partial charge < -0.3 is 14.4 Å². The first-order valence-corrected chi connectivity index (χ1v) is 7.90. The Kier molecular flexibility index (Phi) is 4.63. The molecule has 1 aromatic heterocycles. The number of hydrogen-bond donors (Lipinski definition) is 1. The summed E-state index contributed by atoms with van der Waals surface area (Å²) in [6, 6.07) is 10.9. The van der Waals surface area contributed by atoms with E-state index in [1.54, 1.807) is 12.3 Å². The molecule has 2 aromatic carbocycles. The smallest absolute Gasteiger partial charge is 0.508 e. The van der Waals surface area contributed by atoms with Crippen LogP contribution in [-0.2, 0) is 6.54 Å². The van der Waals surface area contributed by atoms with Crippen LogP contribution in [0.3, 0.4) is 0 Å². The first-order valence-electron chi connectivity index (χ1n) is 7.90. The number of imidazole rings is 1. The summed E-state index contributed by atoms with van der Waals surface area (Å²) >= 11 is 0. The molecular weight excluding hydrogens is 345 g/mol. The van der Waals surface area contributed by atoms with Crippen molar-refractivity contribution in [2.45, 2.75) is 26.8 Å². The summed E-state index contributed by atoms with van der Waals surface area (Å²) in [5.74, 6) is 0.498. The van der Waals surface area contributed by atoms with Gasteiger partial charge in [0, 0.05) is 23.0 Å². The highest BCUT2D eigenvalue weighted by atomic mass is 19.4. The maximum atomic E-state index is 12.3. The molecule has 0 fully saturated rings. The zero-order valence-corrected chi connectivity index (χ0v) is 14.2. The lowest BCUT2D eigenvalue weighted by molar-refractivity contribution is -0.274. The molecule has 0 unspecified atom stereocenters. The maximum Gasteiger partial charge on any atom is 0.573 e. The van der Waals surface area contributed by atoms with E-state index in [1.165, 1.54) is 24.3 Å². The van der Waals surface area contributed by atoms with Crippen molar-refractivity contribution in [3.8, 4) is 22.9 Å². The first kappa shape index (κ1) is 17.8. The van der Waals surface area contributed by atoms with Crippen molar-refractivity contribution in [1.29, 1.82) is 0 Å². The van der Waals surface area contributed by atoms with Crippen LogP contribution in [0.15, 0.2) is 48.7 Å². The molecule has 0 aliphatic rings. The molecule has 0 atom stereocenters. The molecule has 7 heteroatoms. The van der Waals surface area contributed by atoms with Crippen LogP contribution in [0, 0.1) is 13.8 Å². The summed E-state index contributed by atoms with van der Waals surface area (Å²) in [6.45, 7) is 4.21. The van der Waals surface area contributed by atoms with Gasteiger partial charge in [0.05, 0.1) is 6.54 Å². The molecule has 0 amide bonds. The molecule has 0 radical (unpaired) electrons. The van der Waals surface area contributed by atoms with Gasteiger partial charge in [-0.05, 0) is 44.2 Å². The van der Waals surface area contributed by atoms with E-state index in [9.17, 15) is 18.3 Å². The van der Waals surface area contributed by atoms with Gasteiger partial charge in [-0.15, -0.1) is 13.2 Å². The van der Waals surface area contributed by atoms with E-state index in [-0.39, 0.29) is 11.5 Å². The van der Waals surface area contributed by atoms with Crippen LogP contribution in [0.1, 0.15) is 16.8 Å². The van der Waals surface area contributed by atoms with Crippen LogP contribution < -0.4 is 4.74 Å². The summed E-state index contributed by atoms with van der Waals surface area (Å²) in [6.07, 6.45) is -3.04. The second-order valence-corrected chi connectivity index (χ2v) is 6.01. The number of nitrogens with zero attached hydrogens (tertiary/aromatic N) is 2. The predicted octanol–water partition coefficient (Wildman–Crippen LogP) is 4.82. The molecule has 1 heterocycles. The monoisotopic (exact) mass is 362 g/mol. The van der Waals surface area contributed by atoms with Gasteiger partial charge in [0.15, 0.2) is 0 Å². The minimum absolute atomic E-state index is 0.184. The van der Waals surface area contributed by atoms with E-state index < -0.39 is 6.36 Å². The van der Waals surface area contributed by atoms with Crippen molar-refractivity contribution in [3.63, 3.8) is 0 Å². The number of hydrogen-bond acceptors (Lipinski definition) is 3. The number of aromatic nitrogens is 2. The number of aromatic hydroxyl groups is 1. The molecule has 4 nitrogen and oxygen atoms in total. The molecule has 136 valence electrons. The molecule has 1 N–H and O–H groups in total. The van der Waals surface area contributed by atoms with Gasteiger partial charge in [-0.1, -0.05) is 17.7 Å². The van der Waals surface area contributed by atoms with Crippen molar-refractivity contribution >= 4 is 0 Å². The molecular formula is C19H17F3N2O2. The highest BCUT2D eigenvalue weighted by Gasteiger charge is 2.31. The molecule has 0 aliphatic heterocycles. The lowest BCUT2D eigenvalue weighted by Gasteiger charge is -2.13. The average molecular weight is 362 g/mol. The normalized spacial score (nSPS) is 11.6. The minimum Gasteiger partial charge on any atom is -0.508 e. The molecule has 0 bridgehead atoms. The molecule has 0 spiro atoms. The Morgan fingerprint density at radius 2 is 1.77 bits per heavy atom. The molecule has 0 aliphatic carbocycles. The van der Waals surface area contributed by atoms with Crippen molar-refractivity contribution in [2.75, 3.05) is 0 Å². The minimum atomic E-state index is -4.72. The van der Waals surface area contributed by atoms with Crippen molar-refractivity contribution in [2.24, 2.45) is 0 Å².